The van der Waals surface area contributed by atoms with E-state index < -0.39 is 0 Å². The largest absolute Gasteiger partial charge is 0.352 e. The van der Waals surface area contributed by atoms with Crippen LogP contribution in [0.15, 0.2) is 24.3 Å². The van der Waals surface area contributed by atoms with Gasteiger partial charge in [-0.15, -0.1) is 0 Å². The SMILES string of the molecule is CCC(CC)NC(=O)c1ccc(CNC(C)=O)cc1. The van der Waals surface area contributed by atoms with Crippen molar-refractivity contribution in [3.05, 3.63) is 35.4 Å². The van der Waals surface area contributed by atoms with Gasteiger partial charge in [0.15, 0.2) is 0 Å². The maximum atomic E-state index is 12.0. The third kappa shape index (κ3) is 5.12. The average Bonchev–Trinajstić information content (AvgIpc) is 2.42. The van der Waals surface area contributed by atoms with E-state index in [1.165, 1.54) is 6.92 Å². The molecule has 0 aliphatic rings. The molecule has 2 N–H and O–H groups in total. The van der Waals surface area contributed by atoms with Gasteiger partial charge in [-0.1, -0.05) is 26.0 Å². The number of hydrogen-bond donors (Lipinski definition) is 2. The molecule has 4 heteroatoms. The predicted molar refractivity (Wildman–Crippen MR) is 75.8 cm³/mol. The van der Waals surface area contributed by atoms with Crippen molar-refractivity contribution in [2.24, 2.45) is 0 Å². The van der Waals surface area contributed by atoms with Gasteiger partial charge >= 0.3 is 0 Å². The zero-order chi connectivity index (χ0) is 14.3. The van der Waals surface area contributed by atoms with Crippen molar-refractivity contribution in [2.75, 3.05) is 0 Å². The molecule has 0 atom stereocenters. The molecule has 0 unspecified atom stereocenters. The Kier molecular flexibility index (Phi) is 6.06. The molecule has 0 heterocycles. The van der Waals surface area contributed by atoms with Crippen molar-refractivity contribution in [1.29, 1.82) is 0 Å². The summed E-state index contributed by atoms with van der Waals surface area (Å²) in [6.45, 7) is 6.09. The second kappa shape index (κ2) is 7.56. The molecule has 1 rings (SSSR count). The van der Waals surface area contributed by atoms with E-state index in [1.54, 1.807) is 12.1 Å². The molecule has 4 nitrogen and oxygen atoms in total. The molecule has 0 bridgehead atoms. The number of carbonyl (C=O) groups is 2. The lowest BCUT2D eigenvalue weighted by Gasteiger charge is -2.14. The molecular formula is C15H22N2O2. The molecule has 0 saturated heterocycles. The predicted octanol–water partition coefficient (Wildman–Crippen LogP) is 2.24. The molecule has 1 aromatic carbocycles. The highest BCUT2D eigenvalue weighted by Crippen LogP contribution is 2.06. The Morgan fingerprint density at radius 1 is 1.11 bits per heavy atom. The van der Waals surface area contributed by atoms with Crippen molar-refractivity contribution in [3.63, 3.8) is 0 Å². The topological polar surface area (TPSA) is 58.2 Å². The third-order valence-corrected chi connectivity index (χ3v) is 3.08. The van der Waals surface area contributed by atoms with Gasteiger partial charge in [0.1, 0.15) is 0 Å². The molecule has 0 radical (unpaired) electrons. The second-order valence-corrected chi connectivity index (χ2v) is 4.59. The van der Waals surface area contributed by atoms with Crippen LogP contribution >= 0.6 is 0 Å². The lowest BCUT2D eigenvalue weighted by molar-refractivity contribution is -0.119. The molecule has 0 aliphatic carbocycles. The first-order chi connectivity index (χ1) is 9.06. The van der Waals surface area contributed by atoms with E-state index in [0.717, 1.165) is 18.4 Å². The van der Waals surface area contributed by atoms with Crippen LogP contribution in [0, 0.1) is 0 Å². The fraction of sp³-hybridized carbons (Fsp3) is 0.467. The van der Waals surface area contributed by atoms with E-state index in [1.807, 2.05) is 12.1 Å². The molecular weight excluding hydrogens is 240 g/mol. The normalized spacial score (nSPS) is 10.3. The Bertz CT molecular complexity index is 422. The van der Waals surface area contributed by atoms with Crippen LogP contribution in [0.3, 0.4) is 0 Å². The first-order valence-electron chi connectivity index (χ1n) is 6.71. The van der Waals surface area contributed by atoms with Gasteiger partial charge < -0.3 is 10.6 Å². The van der Waals surface area contributed by atoms with E-state index in [2.05, 4.69) is 24.5 Å². The van der Waals surface area contributed by atoms with Crippen LogP contribution in [0.2, 0.25) is 0 Å². The van der Waals surface area contributed by atoms with Crippen molar-refractivity contribution in [1.82, 2.24) is 10.6 Å². The smallest absolute Gasteiger partial charge is 0.251 e. The van der Waals surface area contributed by atoms with Gasteiger partial charge in [0.05, 0.1) is 0 Å². The van der Waals surface area contributed by atoms with Crippen LogP contribution < -0.4 is 10.6 Å². The summed E-state index contributed by atoms with van der Waals surface area (Å²) in [6.07, 6.45) is 1.87. The molecule has 0 saturated carbocycles. The Balaban J connectivity index is 2.60. The van der Waals surface area contributed by atoms with Gasteiger partial charge in [0.2, 0.25) is 5.91 Å². The zero-order valence-corrected chi connectivity index (χ0v) is 11.8. The minimum atomic E-state index is -0.0597. The van der Waals surface area contributed by atoms with E-state index in [-0.39, 0.29) is 17.9 Å². The summed E-state index contributed by atoms with van der Waals surface area (Å²) in [6, 6.07) is 7.52. The van der Waals surface area contributed by atoms with Crippen LogP contribution in [0.4, 0.5) is 0 Å². The number of nitrogens with one attached hydrogen (secondary N) is 2. The summed E-state index contributed by atoms with van der Waals surface area (Å²) >= 11 is 0. The Labute approximate surface area is 114 Å². The first-order valence-corrected chi connectivity index (χ1v) is 6.71. The van der Waals surface area contributed by atoms with Gasteiger partial charge in [0.25, 0.3) is 5.91 Å². The maximum absolute atomic E-state index is 12.0. The molecule has 2 amide bonds. The van der Waals surface area contributed by atoms with E-state index in [9.17, 15) is 9.59 Å². The Morgan fingerprint density at radius 2 is 1.68 bits per heavy atom. The van der Waals surface area contributed by atoms with Crippen LogP contribution in [0.5, 0.6) is 0 Å². The summed E-state index contributed by atoms with van der Waals surface area (Å²) in [7, 11) is 0. The minimum absolute atomic E-state index is 0.0419. The molecule has 0 aliphatic heterocycles. The van der Waals surface area contributed by atoms with E-state index in [4.69, 9.17) is 0 Å². The number of carbonyl (C=O) groups excluding carboxylic acids is 2. The summed E-state index contributed by atoms with van der Waals surface area (Å²) in [5, 5.41) is 5.72. The van der Waals surface area contributed by atoms with Crippen LogP contribution in [-0.4, -0.2) is 17.9 Å². The standard InChI is InChI=1S/C15H22N2O2/c1-4-14(5-2)17-15(19)13-8-6-12(7-9-13)10-16-11(3)18/h6-9,14H,4-5,10H2,1-3H3,(H,16,18)(H,17,19). The van der Waals surface area contributed by atoms with Gasteiger partial charge in [0, 0.05) is 25.1 Å². The van der Waals surface area contributed by atoms with Crippen molar-refractivity contribution in [3.8, 4) is 0 Å². The lowest BCUT2D eigenvalue weighted by atomic mass is 10.1. The number of rotatable bonds is 6. The molecule has 1 aromatic rings. The summed E-state index contributed by atoms with van der Waals surface area (Å²) in [5.41, 5.74) is 1.63. The fourth-order valence-electron chi connectivity index (χ4n) is 1.76. The van der Waals surface area contributed by atoms with Crippen LogP contribution in [-0.2, 0) is 11.3 Å². The minimum Gasteiger partial charge on any atom is -0.352 e. The Hall–Kier alpha value is -1.84. The molecule has 0 aromatic heterocycles. The van der Waals surface area contributed by atoms with Gasteiger partial charge in [-0.2, -0.15) is 0 Å². The van der Waals surface area contributed by atoms with Crippen molar-refractivity contribution < 1.29 is 9.59 Å². The zero-order valence-electron chi connectivity index (χ0n) is 11.8. The quantitative estimate of drug-likeness (QED) is 0.826. The molecule has 104 valence electrons. The molecule has 19 heavy (non-hydrogen) atoms. The molecule has 0 spiro atoms. The van der Waals surface area contributed by atoms with Gasteiger partial charge in [-0.3, -0.25) is 9.59 Å². The third-order valence-electron chi connectivity index (χ3n) is 3.08. The maximum Gasteiger partial charge on any atom is 0.251 e. The molecule has 0 fully saturated rings. The lowest BCUT2D eigenvalue weighted by Crippen LogP contribution is -2.33. The highest BCUT2D eigenvalue weighted by molar-refractivity contribution is 5.94. The monoisotopic (exact) mass is 262 g/mol. The summed E-state index contributed by atoms with van der Waals surface area (Å²) in [5.74, 6) is -0.102. The highest BCUT2D eigenvalue weighted by Gasteiger charge is 2.10. The van der Waals surface area contributed by atoms with Crippen LogP contribution in [0.1, 0.15) is 49.5 Å². The first kappa shape index (κ1) is 15.2. The van der Waals surface area contributed by atoms with E-state index >= 15 is 0 Å². The fourth-order valence-corrected chi connectivity index (χ4v) is 1.76. The number of hydrogen-bond acceptors (Lipinski definition) is 2. The van der Waals surface area contributed by atoms with Gasteiger partial charge in [-0.25, -0.2) is 0 Å². The summed E-state index contributed by atoms with van der Waals surface area (Å²) in [4.78, 5) is 22.8. The Morgan fingerprint density at radius 3 is 2.16 bits per heavy atom. The van der Waals surface area contributed by atoms with E-state index in [0.29, 0.717) is 12.1 Å². The van der Waals surface area contributed by atoms with Crippen molar-refractivity contribution >= 4 is 11.8 Å². The van der Waals surface area contributed by atoms with Crippen LogP contribution in [0.25, 0.3) is 0 Å². The van der Waals surface area contributed by atoms with Crippen molar-refractivity contribution in [2.45, 2.75) is 46.2 Å². The highest BCUT2D eigenvalue weighted by atomic mass is 16.2. The van der Waals surface area contributed by atoms with Gasteiger partial charge in [-0.05, 0) is 30.5 Å². The number of benzene rings is 1. The summed E-state index contributed by atoms with van der Waals surface area (Å²) < 4.78 is 0. The average molecular weight is 262 g/mol. The number of amides is 2. The second-order valence-electron chi connectivity index (χ2n) is 4.59.